The van der Waals surface area contributed by atoms with Crippen molar-refractivity contribution in [1.29, 1.82) is 0 Å². The number of hydrogen-bond donors (Lipinski definition) is 2. The van der Waals surface area contributed by atoms with E-state index in [0.29, 0.717) is 65.4 Å². The van der Waals surface area contributed by atoms with E-state index in [0.717, 1.165) is 12.1 Å². The summed E-state index contributed by atoms with van der Waals surface area (Å²) in [5.41, 5.74) is 3.40. The summed E-state index contributed by atoms with van der Waals surface area (Å²) in [6.45, 7) is 5.89. The van der Waals surface area contributed by atoms with Crippen LogP contribution < -0.4 is 5.32 Å². The van der Waals surface area contributed by atoms with Gasteiger partial charge in [0, 0.05) is 56.1 Å². The molecular weight excluding hydrogens is 470 g/mol. The van der Waals surface area contributed by atoms with Crippen LogP contribution in [0.15, 0.2) is 55.1 Å². The molecule has 0 spiro atoms. The highest BCUT2D eigenvalue weighted by Gasteiger charge is 2.31. The van der Waals surface area contributed by atoms with Crippen LogP contribution in [0.2, 0.25) is 0 Å². The number of carbonyl (C=O) groups excluding carboxylic acids is 3. The Morgan fingerprint density at radius 2 is 1.68 bits per heavy atom. The molecule has 3 aromatic heterocycles. The molecule has 0 saturated carbocycles. The average Bonchev–Trinajstić information content (AvgIpc) is 3.40. The van der Waals surface area contributed by atoms with Crippen molar-refractivity contribution in [3.63, 3.8) is 0 Å². The maximum atomic E-state index is 13.3. The summed E-state index contributed by atoms with van der Waals surface area (Å²) < 4.78 is 0. The fraction of sp³-hybridized carbons (Fsp3) is 0.259. The molecule has 0 atom stereocenters. The molecule has 1 saturated heterocycles. The van der Waals surface area contributed by atoms with Crippen molar-refractivity contribution in [2.45, 2.75) is 13.8 Å². The quantitative estimate of drug-likeness (QED) is 0.310. The number of fused-ring (bicyclic) bond motifs is 1. The van der Waals surface area contributed by atoms with Crippen LogP contribution in [0.25, 0.3) is 22.3 Å². The van der Waals surface area contributed by atoms with Crippen LogP contribution in [0.1, 0.15) is 33.2 Å². The predicted molar refractivity (Wildman–Crippen MR) is 139 cm³/mol. The molecule has 4 aromatic rings. The molecule has 37 heavy (non-hydrogen) atoms. The first-order chi connectivity index (χ1) is 18.0. The minimum atomic E-state index is -0.595. The highest BCUT2D eigenvalue weighted by atomic mass is 16.2. The smallest absolute Gasteiger partial charge is 0.295 e. The van der Waals surface area contributed by atoms with Crippen molar-refractivity contribution in [2.75, 3.05) is 38.0 Å². The molecule has 1 aliphatic rings. The molecule has 10 heteroatoms. The summed E-state index contributed by atoms with van der Waals surface area (Å²) in [7, 11) is 0. The summed E-state index contributed by atoms with van der Waals surface area (Å²) in [6, 6.07) is 9.04. The van der Waals surface area contributed by atoms with Gasteiger partial charge < -0.3 is 20.1 Å². The van der Waals surface area contributed by atoms with Gasteiger partial charge in [-0.2, -0.15) is 0 Å². The second kappa shape index (κ2) is 10.2. The monoisotopic (exact) mass is 497 g/mol. The third kappa shape index (κ3) is 4.65. The lowest BCUT2D eigenvalue weighted by atomic mass is 10.0. The Bertz CT molecular complexity index is 1460. The predicted octanol–water partition coefficient (Wildman–Crippen LogP) is 2.93. The van der Waals surface area contributed by atoms with Crippen molar-refractivity contribution in [1.82, 2.24) is 29.7 Å². The van der Waals surface area contributed by atoms with Gasteiger partial charge in [-0.1, -0.05) is 18.2 Å². The van der Waals surface area contributed by atoms with Gasteiger partial charge >= 0.3 is 0 Å². The standard InChI is InChI=1S/C27H27N7O3/c1-3-28-21-16-29-20(15-30-21)23-24-22(17(2)13-31-23)19(14-32-24)25(35)27(37)34-11-9-33(10-12-34)26(36)18-7-5-4-6-8-18/h4-8,13-16,32H,3,9-12H2,1-2H3,(H,28,30). The highest BCUT2D eigenvalue weighted by Crippen LogP contribution is 2.30. The normalized spacial score (nSPS) is 13.6. The zero-order valence-electron chi connectivity index (χ0n) is 20.7. The van der Waals surface area contributed by atoms with Crippen molar-refractivity contribution in [3.05, 3.63) is 71.8 Å². The van der Waals surface area contributed by atoms with Gasteiger partial charge in [-0.3, -0.25) is 19.4 Å². The first-order valence-corrected chi connectivity index (χ1v) is 12.2. The van der Waals surface area contributed by atoms with Gasteiger partial charge in [0.2, 0.25) is 0 Å². The van der Waals surface area contributed by atoms with E-state index in [-0.39, 0.29) is 5.91 Å². The third-order valence-electron chi connectivity index (χ3n) is 6.46. The van der Waals surface area contributed by atoms with Gasteiger partial charge in [-0.25, -0.2) is 9.97 Å². The van der Waals surface area contributed by atoms with Gasteiger partial charge in [-0.15, -0.1) is 0 Å². The number of aromatic amines is 1. The molecule has 188 valence electrons. The number of piperazine rings is 1. The molecule has 1 aliphatic heterocycles. The Morgan fingerprint density at radius 3 is 2.35 bits per heavy atom. The number of aryl methyl sites for hydroxylation is 1. The lowest BCUT2D eigenvalue weighted by Gasteiger charge is -2.34. The number of anilines is 1. The van der Waals surface area contributed by atoms with Crippen molar-refractivity contribution in [3.8, 4) is 11.4 Å². The Morgan fingerprint density at radius 1 is 0.946 bits per heavy atom. The average molecular weight is 498 g/mol. The zero-order chi connectivity index (χ0) is 25.9. The maximum Gasteiger partial charge on any atom is 0.295 e. The molecule has 10 nitrogen and oxygen atoms in total. The second-order valence-corrected chi connectivity index (χ2v) is 8.84. The molecule has 4 heterocycles. The van der Waals surface area contributed by atoms with Crippen LogP contribution in [-0.4, -0.2) is 80.1 Å². The minimum Gasteiger partial charge on any atom is -0.369 e. The van der Waals surface area contributed by atoms with Crippen LogP contribution in [0.5, 0.6) is 0 Å². The van der Waals surface area contributed by atoms with Gasteiger partial charge in [0.15, 0.2) is 0 Å². The number of rotatable bonds is 6. The highest BCUT2D eigenvalue weighted by molar-refractivity contribution is 6.45. The summed E-state index contributed by atoms with van der Waals surface area (Å²) in [5.74, 6) is -0.593. The SMILES string of the molecule is CCNc1cnc(-c2ncc(C)c3c(C(=O)C(=O)N4CCN(C(=O)c5ccccc5)CC4)c[nH]c23)cn1. The van der Waals surface area contributed by atoms with Crippen molar-refractivity contribution >= 4 is 34.3 Å². The summed E-state index contributed by atoms with van der Waals surface area (Å²) in [6.07, 6.45) is 6.48. The van der Waals surface area contributed by atoms with Gasteiger partial charge in [0.1, 0.15) is 17.2 Å². The van der Waals surface area contributed by atoms with E-state index in [1.807, 2.05) is 32.0 Å². The Kier molecular flexibility index (Phi) is 6.63. The Balaban J connectivity index is 1.34. The number of ketones is 1. The number of amides is 2. The number of pyridine rings is 1. The lowest BCUT2D eigenvalue weighted by molar-refractivity contribution is -0.127. The Labute approximate surface area is 213 Å². The topological polar surface area (TPSA) is 124 Å². The number of aromatic nitrogens is 4. The van der Waals surface area contributed by atoms with E-state index in [1.54, 1.807) is 41.8 Å². The van der Waals surface area contributed by atoms with Crippen LogP contribution in [0, 0.1) is 6.92 Å². The number of benzene rings is 1. The summed E-state index contributed by atoms with van der Waals surface area (Å²) in [5, 5.41) is 3.74. The zero-order valence-corrected chi connectivity index (χ0v) is 20.7. The third-order valence-corrected chi connectivity index (χ3v) is 6.46. The van der Waals surface area contributed by atoms with E-state index >= 15 is 0 Å². The van der Waals surface area contributed by atoms with E-state index in [4.69, 9.17) is 0 Å². The molecule has 2 amide bonds. The molecule has 5 rings (SSSR count). The van der Waals surface area contributed by atoms with Gasteiger partial charge in [0.25, 0.3) is 17.6 Å². The van der Waals surface area contributed by atoms with Gasteiger partial charge in [-0.05, 0) is 31.5 Å². The maximum absolute atomic E-state index is 13.3. The van der Waals surface area contributed by atoms with E-state index in [1.165, 1.54) is 4.90 Å². The molecule has 0 unspecified atom stereocenters. The first-order valence-electron chi connectivity index (χ1n) is 12.2. The van der Waals surface area contributed by atoms with Gasteiger partial charge in [0.05, 0.1) is 23.5 Å². The van der Waals surface area contributed by atoms with E-state index < -0.39 is 11.7 Å². The molecule has 0 bridgehead atoms. The summed E-state index contributed by atoms with van der Waals surface area (Å²) >= 11 is 0. The number of hydrogen-bond acceptors (Lipinski definition) is 7. The fourth-order valence-corrected chi connectivity index (χ4v) is 4.54. The second-order valence-electron chi connectivity index (χ2n) is 8.84. The largest absolute Gasteiger partial charge is 0.369 e. The minimum absolute atomic E-state index is 0.0760. The fourth-order valence-electron chi connectivity index (χ4n) is 4.54. The summed E-state index contributed by atoms with van der Waals surface area (Å²) in [4.78, 5) is 58.9. The van der Waals surface area contributed by atoms with Crippen LogP contribution >= 0.6 is 0 Å². The molecule has 2 N–H and O–H groups in total. The Hall–Kier alpha value is -4.60. The molecule has 1 aromatic carbocycles. The van der Waals surface area contributed by atoms with Crippen molar-refractivity contribution in [2.24, 2.45) is 0 Å². The number of Topliss-reactive ketones (excluding diaryl/α,β-unsaturated/α-hetero) is 1. The van der Waals surface area contributed by atoms with E-state index in [2.05, 4.69) is 25.3 Å². The number of nitrogens with one attached hydrogen (secondary N) is 2. The van der Waals surface area contributed by atoms with Crippen LogP contribution in [0.3, 0.4) is 0 Å². The lowest BCUT2D eigenvalue weighted by Crippen LogP contribution is -2.52. The molecular formula is C27H27N7O3. The number of carbonyl (C=O) groups is 3. The first kappa shape index (κ1) is 24.1. The molecule has 0 aliphatic carbocycles. The van der Waals surface area contributed by atoms with Crippen LogP contribution in [-0.2, 0) is 4.79 Å². The molecule has 1 fully saturated rings. The van der Waals surface area contributed by atoms with Crippen LogP contribution in [0.4, 0.5) is 5.82 Å². The molecule has 0 radical (unpaired) electrons. The number of nitrogens with zero attached hydrogens (tertiary/aromatic N) is 5. The van der Waals surface area contributed by atoms with E-state index in [9.17, 15) is 14.4 Å². The van der Waals surface area contributed by atoms with Crippen molar-refractivity contribution < 1.29 is 14.4 Å². The number of H-pyrrole nitrogens is 1.